The fourth-order valence-corrected chi connectivity index (χ4v) is 1.83. The number of ether oxygens (including phenoxy) is 2. The number of methoxy groups -OCH3 is 1. The van der Waals surface area contributed by atoms with Crippen LogP contribution in [0.1, 0.15) is 34.0 Å². The summed E-state index contributed by atoms with van der Waals surface area (Å²) in [5, 5.41) is 0. The number of alkyl halides is 3. The number of hydrogen-bond donors (Lipinski definition) is 0. The van der Waals surface area contributed by atoms with Crippen molar-refractivity contribution in [3.05, 3.63) is 34.9 Å². The third kappa shape index (κ3) is 2.54. The minimum absolute atomic E-state index is 0.0434. The Morgan fingerprint density at radius 3 is 2.68 bits per heavy atom. The Kier molecular flexibility index (Phi) is 3.21. The Balaban J connectivity index is 2.38. The number of carbonyl (C=O) groups is 2. The van der Waals surface area contributed by atoms with Crippen molar-refractivity contribution < 1.29 is 32.2 Å². The van der Waals surface area contributed by atoms with E-state index >= 15 is 0 Å². The Hall–Kier alpha value is -2.05. The van der Waals surface area contributed by atoms with Gasteiger partial charge < -0.3 is 9.47 Å². The van der Waals surface area contributed by atoms with Crippen molar-refractivity contribution in [1.82, 2.24) is 0 Å². The van der Waals surface area contributed by atoms with Crippen LogP contribution in [0.15, 0.2) is 18.2 Å². The van der Waals surface area contributed by atoms with E-state index in [2.05, 4.69) is 4.74 Å². The SMILES string of the molecule is COC(=O)CC1OC(=O)c2ccc(C(F)(F)F)cc21. The molecule has 7 heteroatoms. The fraction of sp³-hybridized carbons (Fsp3) is 0.333. The predicted octanol–water partition coefficient (Wildman–Crippen LogP) is 2.48. The molecule has 1 aromatic rings. The van der Waals surface area contributed by atoms with E-state index in [-0.39, 0.29) is 17.5 Å². The minimum Gasteiger partial charge on any atom is -0.469 e. The first kappa shape index (κ1) is 13.4. The molecule has 1 heterocycles. The van der Waals surface area contributed by atoms with E-state index in [1.165, 1.54) is 0 Å². The van der Waals surface area contributed by atoms with Crippen LogP contribution in [0.2, 0.25) is 0 Å². The molecule has 0 saturated heterocycles. The van der Waals surface area contributed by atoms with Gasteiger partial charge in [-0.05, 0) is 18.2 Å². The molecular formula is C12H9F3O4. The monoisotopic (exact) mass is 274 g/mol. The van der Waals surface area contributed by atoms with Crippen molar-refractivity contribution in [2.45, 2.75) is 18.7 Å². The van der Waals surface area contributed by atoms with Gasteiger partial charge in [0, 0.05) is 5.56 Å². The average Bonchev–Trinajstić information content (AvgIpc) is 2.65. The van der Waals surface area contributed by atoms with Gasteiger partial charge in [0.2, 0.25) is 0 Å². The molecule has 0 spiro atoms. The molecule has 0 amide bonds. The summed E-state index contributed by atoms with van der Waals surface area (Å²) in [5.74, 6) is -1.40. The lowest BCUT2D eigenvalue weighted by molar-refractivity contribution is -0.142. The molecule has 0 saturated carbocycles. The van der Waals surface area contributed by atoms with Gasteiger partial charge in [-0.1, -0.05) is 0 Å². The van der Waals surface area contributed by atoms with Crippen LogP contribution in [-0.4, -0.2) is 19.0 Å². The van der Waals surface area contributed by atoms with Crippen molar-refractivity contribution in [2.24, 2.45) is 0 Å². The zero-order chi connectivity index (χ0) is 14.2. The number of benzene rings is 1. The standard InChI is InChI=1S/C12H9F3O4/c1-18-10(16)5-9-8-4-6(12(13,14)15)2-3-7(8)11(17)19-9/h2-4,9H,5H2,1H3. The second kappa shape index (κ2) is 4.56. The topological polar surface area (TPSA) is 52.6 Å². The number of cyclic esters (lactones) is 1. The van der Waals surface area contributed by atoms with E-state index in [1.54, 1.807) is 0 Å². The van der Waals surface area contributed by atoms with Crippen molar-refractivity contribution in [1.29, 1.82) is 0 Å². The summed E-state index contributed by atoms with van der Waals surface area (Å²) in [5.41, 5.74) is -0.786. The molecule has 19 heavy (non-hydrogen) atoms. The van der Waals surface area contributed by atoms with Crippen LogP contribution in [0.4, 0.5) is 13.2 Å². The normalized spacial score (nSPS) is 17.9. The predicted molar refractivity (Wildman–Crippen MR) is 56.2 cm³/mol. The van der Waals surface area contributed by atoms with Crippen molar-refractivity contribution in [2.75, 3.05) is 7.11 Å². The van der Waals surface area contributed by atoms with E-state index in [0.717, 1.165) is 25.3 Å². The van der Waals surface area contributed by atoms with Gasteiger partial charge in [-0.25, -0.2) is 4.79 Å². The number of carbonyl (C=O) groups excluding carboxylic acids is 2. The van der Waals surface area contributed by atoms with Crippen LogP contribution in [0.3, 0.4) is 0 Å². The van der Waals surface area contributed by atoms with Gasteiger partial charge in [0.25, 0.3) is 0 Å². The number of esters is 2. The largest absolute Gasteiger partial charge is 0.469 e. The quantitative estimate of drug-likeness (QED) is 0.777. The first-order valence-electron chi connectivity index (χ1n) is 5.32. The highest BCUT2D eigenvalue weighted by molar-refractivity contribution is 5.94. The molecule has 1 aliphatic rings. The van der Waals surface area contributed by atoms with Crippen molar-refractivity contribution >= 4 is 11.9 Å². The molecule has 0 radical (unpaired) electrons. The highest BCUT2D eigenvalue weighted by atomic mass is 19.4. The maximum atomic E-state index is 12.6. The lowest BCUT2D eigenvalue weighted by Crippen LogP contribution is -2.10. The van der Waals surface area contributed by atoms with Crippen molar-refractivity contribution in [3.8, 4) is 0 Å². The number of halogens is 3. The first-order valence-corrected chi connectivity index (χ1v) is 5.32. The lowest BCUT2D eigenvalue weighted by atomic mass is 10.00. The molecule has 1 aliphatic heterocycles. The summed E-state index contributed by atoms with van der Waals surface area (Å²) in [4.78, 5) is 22.6. The Morgan fingerprint density at radius 1 is 1.42 bits per heavy atom. The lowest BCUT2D eigenvalue weighted by Gasteiger charge is -2.11. The van der Waals surface area contributed by atoms with E-state index in [0.29, 0.717) is 0 Å². The van der Waals surface area contributed by atoms with Crippen LogP contribution in [-0.2, 0) is 20.4 Å². The minimum atomic E-state index is -4.52. The zero-order valence-electron chi connectivity index (χ0n) is 9.78. The first-order chi connectivity index (χ1) is 8.82. The maximum absolute atomic E-state index is 12.6. The Morgan fingerprint density at radius 2 is 2.11 bits per heavy atom. The Labute approximate surface area is 106 Å². The van der Waals surface area contributed by atoms with Crippen LogP contribution in [0.5, 0.6) is 0 Å². The summed E-state index contributed by atoms with van der Waals surface area (Å²) in [6.45, 7) is 0. The molecule has 102 valence electrons. The molecule has 0 bridgehead atoms. The zero-order valence-corrected chi connectivity index (χ0v) is 9.78. The Bertz CT molecular complexity index is 536. The summed E-state index contributed by atoms with van der Waals surface area (Å²) in [6.07, 6.45) is -5.86. The van der Waals surface area contributed by atoms with E-state index in [4.69, 9.17) is 4.74 Å². The summed E-state index contributed by atoms with van der Waals surface area (Å²) >= 11 is 0. The summed E-state index contributed by atoms with van der Waals surface area (Å²) in [7, 11) is 1.14. The van der Waals surface area contributed by atoms with E-state index in [9.17, 15) is 22.8 Å². The highest BCUT2D eigenvalue weighted by Gasteiger charge is 2.37. The van der Waals surface area contributed by atoms with E-state index in [1.807, 2.05) is 0 Å². The molecule has 0 aromatic heterocycles. The highest BCUT2D eigenvalue weighted by Crippen LogP contribution is 2.38. The van der Waals surface area contributed by atoms with Gasteiger partial charge in [0.1, 0.15) is 6.10 Å². The van der Waals surface area contributed by atoms with E-state index < -0.39 is 29.8 Å². The van der Waals surface area contributed by atoms with Gasteiger partial charge in [-0.15, -0.1) is 0 Å². The smallest absolute Gasteiger partial charge is 0.416 e. The van der Waals surface area contributed by atoms with Gasteiger partial charge in [-0.3, -0.25) is 4.79 Å². The molecular weight excluding hydrogens is 265 g/mol. The van der Waals surface area contributed by atoms with Crippen LogP contribution < -0.4 is 0 Å². The number of fused-ring (bicyclic) bond motifs is 1. The molecule has 1 unspecified atom stereocenters. The van der Waals surface area contributed by atoms with Gasteiger partial charge in [0.15, 0.2) is 0 Å². The fourth-order valence-electron chi connectivity index (χ4n) is 1.83. The molecule has 1 aromatic carbocycles. The number of rotatable bonds is 2. The summed E-state index contributed by atoms with van der Waals surface area (Å²) < 4.78 is 47.0. The second-order valence-electron chi connectivity index (χ2n) is 3.97. The molecule has 0 N–H and O–H groups in total. The van der Waals surface area contributed by atoms with Gasteiger partial charge in [-0.2, -0.15) is 13.2 Å². The molecule has 1 atom stereocenters. The van der Waals surface area contributed by atoms with Crippen LogP contribution in [0, 0.1) is 0 Å². The number of hydrogen-bond acceptors (Lipinski definition) is 4. The van der Waals surface area contributed by atoms with Crippen LogP contribution >= 0.6 is 0 Å². The summed E-state index contributed by atoms with van der Waals surface area (Å²) in [6, 6.07) is 2.69. The van der Waals surface area contributed by atoms with Gasteiger partial charge in [0.05, 0.1) is 24.7 Å². The molecule has 4 nitrogen and oxygen atoms in total. The van der Waals surface area contributed by atoms with Gasteiger partial charge >= 0.3 is 18.1 Å². The van der Waals surface area contributed by atoms with Crippen molar-refractivity contribution in [3.63, 3.8) is 0 Å². The second-order valence-corrected chi connectivity index (χ2v) is 3.97. The van der Waals surface area contributed by atoms with Crippen LogP contribution in [0.25, 0.3) is 0 Å². The molecule has 0 aliphatic carbocycles. The molecule has 2 rings (SSSR count). The molecule has 0 fully saturated rings. The maximum Gasteiger partial charge on any atom is 0.416 e. The third-order valence-corrected chi connectivity index (χ3v) is 2.77. The average molecular weight is 274 g/mol. The third-order valence-electron chi connectivity index (χ3n) is 2.77.